The number of hydrogen-bond acceptors (Lipinski definition) is 6. The number of aromatic nitrogens is 1. The lowest BCUT2D eigenvalue weighted by molar-refractivity contribution is 0.414. The zero-order valence-electron chi connectivity index (χ0n) is 14.9. The van der Waals surface area contributed by atoms with E-state index in [0.29, 0.717) is 23.2 Å². The number of phenols is 1. The Hall–Kier alpha value is -3.56. The molecule has 0 fully saturated rings. The summed E-state index contributed by atoms with van der Waals surface area (Å²) in [6, 6.07) is 17.8. The van der Waals surface area contributed by atoms with Crippen LogP contribution in [0.4, 0.5) is 5.82 Å². The van der Waals surface area contributed by atoms with Crippen LogP contribution in [0.15, 0.2) is 54.6 Å². The van der Waals surface area contributed by atoms with Gasteiger partial charge in [0.15, 0.2) is 0 Å². The number of benzene rings is 2. The second-order valence-electron chi connectivity index (χ2n) is 6.14. The monoisotopic (exact) mass is 376 g/mol. The third-order valence-electron chi connectivity index (χ3n) is 4.38. The number of pyridine rings is 1. The molecule has 0 unspecified atom stereocenters. The van der Waals surface area contributed by atoms with Crippen LogP contribution >= 0.6 is 0 Å². The molecule has 144 valence electrons. The summed E-state index contributed by atoms with van der Waals surface area (Å²) in [5.74, 6) is 0.947. The number of phenolic OH excluding ortho intramolecular Hbond substituents is 1. The molecule has 0 aliphatic rings. The maximum atomic E-state index is 10.1. The fourth-order valence-corrected chi connectivity index (χ4v) is 2.95. The lowest BCUT2D eigenvalue weighted by Gasteiger charge is -2.17. The summed E-state index contributed by atoms with van der Waals surface area (Å²) in [6.07, 6.45) is 0.516. The van der Waals surface area contributed by atoms with Gasteiger partial charge in [0.1, 0.15) is 23.4 Å². The lowest BCUT2D eigenvalue weighted by atomic mass is 9.94. The van der Waals surface area contributed by atoms with Crippen LogP contribution < -0.4 is 16.2 Å². The number of hydrogen-bond donors (Lipinski definition) is 3. The van der Waals surface area contributed by atoms with Crippen LogP contribution in [0.25, 0.3) is 11.3 Å². The van der Waals surface area contributed by atoms with Crippen LogP contribution in [0.3, 0.4) is 0 Å². The van der Waals surface area contributed by atoms with Crippen molar-refractivity contribution >= 4 is 5.82 Å². The molecule has 28 heavy (non-hydrogen) atoms. The van der Waals surface area contributed by atoms with Crippen molar-refractivity contribution in [2.45, 2.75) is 19.9 Å². The van der Waals surface area contributed by atoms with Crippen molar-refractivity contribution in [3.05, 3.63) is 71.3 Å². The van der Waals surface area contributed by atoms with Crippen molar-refractivity contribution in [2.24, 2.45) is 5.73 Å². The summed E-state index contributed by atoms with van der Waals surface area (Å²) >= 11 is 0. The molecular formula is C22H24N4O2. The van der Waals surface area contributed by atoms with E-state index in [4.69, 9.17) is 16.2 Å². The normalized spacial score (nSPS) is 11.2. The largest absolute Gasteiger partial charge is 0.507 e. The van der Waals surface area contributed by atoms with Crippen molar-refractivity contribution < 1.29 is 9.84 Å². The van der Waals surface area contributed by atoms with Gasteiger partial charge < -0.3 is 21.3 Å². The highest BCUT2D eigenvalue weighted by molar-refractivity contribution is 5.71. The highest BCUT2D eigenvalue weighted by Gasteiger charge is 2.18. The average molecular weight is 376 g/mol. The van der Waals surface area contributed by atoms with Gasteiger partial charge >= 0.3 is 0 Å². The van der Waals surface area contributed by atoms with Gasteiger partial charge in [-0.1, -0.05) is 31.7 Å². The SMILES string of the molecule is C.COc1ccc(C[C@H](N)c2cc(-c3ccccc3O)nc(N)c2C#N)cc1. The Morgan fingerprint density at radius 3 is 2.46 bits per heavy atom. The Balaban J connectivity index is 0.00000280. The van der Waals surface area contributed by atoms with Gasteiger partial charge in [0.2, 0.25) is 0 Å². The topological polar surface area (TPSA) is 118 Å². The third-order valence-corrected chi connectivity index (χ3v) is 4.38. The minimum atomic E-state index is -0.456. The smallest absolute Gasteiger partial charge is 0.142 e. The Morgan fingerprint density at radius 1 is 1.18 bits per heavy atom. The first kappa shape index (κ1) is 20.7. The molecule has 6 nitrogen and oxygen atoms in total. The van der Waals surface area contributed by atoms with E-state index in [1.165, 1.54) is 0 Å². The quantitative estimate of drug-likeness (QED) is 0.623. The van der Waals surface area contributed by atoms with Gasteiger partial charge in [-0.15, -0.1) is 0 Å². The number of anilines is 1. The van der Waals surface area contributed by atoms with Crippen molar-refractivity contribution in [3.8, 4) is 28.8 Å². The minimum absolute atomic E-state index is 0. The molecule has 2 aromatic carbocycles. The molecule has 0 amide bonds. The molecule has 1 atom stereocenters. The van der Waals surface area contributed by atoms with E-state index in [0.717, 1.165) is 11.3 Å². The van der Waals surface area contributed by atoms with E-state index >= 15 is 0 Å². The maximum absolute atomic E-state index is 10.1. The first-order valence-corrected chi connectivity index (χ1v) is 8.41. The molecule has 0 spiro atoms. The third kappa shape index (κ3) is 4.22. The van der Waals surface area contributed by atoms with Gasteiger partial charge in [-0.25, -0.2) is 4.98 Å². The molecule has 5 N–H and O–H groups in total. The van der Waals surface area contributed by atoms with Gasteiger partial charge in [-0.2, -0.15) is 5.26 Å². The summed E-state index contributed by atoms with van der Waals surface area (Å²) in [7, 11) is 1.61. The predicted molar refractivity (Wildman–Crippen MR) is 111 cm³/mol. The molecule has 0 saturated heterocycles. The highest BCUT2D eigenvalue weighted by Crippen LogP contribution is 2.32. The fraction of sp³-hybridized carbons (Fsp3) is 0.182. The number of rotatable bonds is 5. The van der Waals surface area contributed by atoms with Gasteiger partial charge in [-0.05, 0) is 47.9 Å². The van der Waals surface area contributed by atoms with Crippen LogP contribution in [-0.2, 0) is 6.42 Å². The van der Waals surface area contributed by atoms with E-state index in [-0.39, 0.29) is 24.6 Å². The van der Waals surface area contributed by atoms with E-state index in [1.807, 2.05) is 24.3 Å². The van der Waals surface area contributed by atoms with Crippen LogP contribution in [-0.4, -0.2) is 17.2 Å². The van der Waals surface area contributed by atoms with Crippen LogP contribution in [0.2, 0.25) is 0 Å². The van der Waals surface area contributed by atoms with Crippen molar-refractivity contribution in [1.29, 1.82) is 5.26 Å². The molecule has 1 heterocycles. The molecule has 3 aromatic rings. The Labute approximate surface area is 165 Å². The van der Waals surface area contributed by atoms with Gasteiger partial charge in [0.05, 0.1) is 18.4 Å². The number of nitriles is 1. The fourth-order valence-electron chi connectivity index (χ4n) is 2.95. The first-order chi connectivity index (χ1) is 13.0. The summed E-state index contributed by atoms with van der Waals surface area (Å²) in [4.78, 5) is 4.27. The molecule has 0 saturated carbocycles. The molecule has 1 aromatic heterocycles. The first-order valence-electron chi connectivity index (χ1n) is 8.41. The number of aromatic hydroxyl groups is 1. The molecule has 0 aliphatic carbocycles. The van der Waals surface area contributed by atoms with E-state index < -0.39 is 6.04 Å². The van der Waals surface area contributed by atoms with E-state index in [1.54, 1.807) is 37.4 Å². The molecule has 0 aliphatic heterocycles. The second kappa shape index (κ2) is 8.89. The molecule has 0 bridgehead atoms. The number of ether oxygens (including phenoxy) is 1. The van der Waals surface area contributed by atoms with Crippen LogP contribution in [0.5, 0.6) is 11.5 Å². The summed E-state index contributed by atoms with van der Waals surface area (Å²) in [5, 5.41) is 19.6. The van der Waals surface area contributed by atoms with Gasteiger partial charge in [0.25, 0.3) is 0 Å². The number of para-hydroxylation sites is 1. The van der Waals surface area contributed by atoms with Crippen LogP contribution in [0.1, 0.15) is 30.2 Å². The summed E-state index contributed by atoms with van der Waals surface area (Å²) in [6.45, 7) is 0. The average Bonchev–Trinajstić information content (AvgIpc) is 2.68. The van der Waals surface area contributed by atoms with Gasteiger partial charge in [-0.3, -0.25) is 0 Å². The zero-order chi connectivity index (χ0) is 19.4. The zero-order valence-corrected chi connectivity index (χ0v) is 14.9. The second-order valence-corrected chi connectivity index (χ2v) is 6.14. The number of nitrogen functional groups attached to an aromatic ring is 1. The van der Waals surface area contributed by atoms with E-state index in [9.17, 15) is 10.4 Å². The molecule has 0 radical (unpaired) electrons. The predicted octanol–water partition coefficient (Wildman–Crippen LogP) is 3.80. The van der Waals surface area contributed by atoms with E-state index in [2.05, 4.69) is 11.1 Å². The molecule has 6 heteroatoms. The maximum Gasteiger partial charge on any atom is 0.142 e. The molecule has 3 rings (SSSR count). The summed E-state index contributed by atoms with van der Waals surface area (Å²) in [5.41, 5.74) is 15.3. The minimum Gasteiger partial charge on any atom is -0.507 e. The van der Waals surface area contributed by atoms with Crippen LogP contribution in [0, 0.1) is 11.3 Å². The summed E-state index contributed by atoms with van der Waals surface area (Å²) < 4.78 is 5.16. The molecular weight excluding hydrogens is 352 g/mol. The highest BCUT2D eigenvalue weighted by atomic mass is 16.5. The Bertz CT molecular complexity index is 994. The van der Waals surface area contributed by atoms with Crippen molar-refractivity contribution in [2.75, 3.05) is 12.8 Å². The Kier molecular flexibility index (Phi) is 6.59. The standard InChI is InChI=1S/C21H20N4O2.CH4/c1-27-14-8-6-13(7-9-14)10-18(23)16-11-19(25-21(24)17(16)12-22)15-4-2-3-5-20(15)26;/h2-9,11,18,26H,10,23H2,1H3,(H2,24,25);1H4/t18-;/m0./s1. The van der Waals surface area contributed by atoms with Gasteiger partial charge in [0, 0.05) is 11.6 Å². The number of nitrogens with two attached hydrogens (primary N) is 2. The lowest BCUT2D eigenvalue weighted by Crippen LogP contribution is -2.16. The number of nitrogens with zero attached hydrogens (tertiary/aromatic N) is 2. The van der Waals surface area contributed by atoms with Crippen molar-refractivity contribution in [3.63, 3.8) is 0 Å². The van der Waals surface area contributed by atoms with Crippen molar-refractivity contribution in [1.82, 2.24) is 4.98 Å². The number of methoxy groups -OCH3 is 1. The Morgan fingerprint density at radius 2 is 1.86 bits per heavy atom.